The number of Topliss-reactive ketones (excluding diaryl/α,β-unsaturated/α-hetero) is 2. The monoisotopic (exact) mass is 612 g/mol. The first-order valence-corrected chi connectivity index (χ1v) is 14.4. The van der Waals surface area contributed by atoms with Crippen molar-refractivity contribution >= 4 is 50.7 Å². The summed E-state index contributed by atoms with van der Waals surface area (Å²) in [5.74, 6) is 0.146. The summed E-state index contributed by atoms with van der Waals surface area (Å²) >= 11 is 9.76. The van der Waals surface area contributed by atoms with E-state index in [2.05, 4.69) is 26.1 Å². The molecule has 0 unspecified atom stereocenters. The fourth-order valence-electron chi connectivity index (χ4n) is 5.73. The highest BCUT2D eigenvalue weighted by atomic mass is 79.9. The highest BCUT2D eigenvalue weighted by Gasteiger charge is 2.42. The van der Waals surface area contributed by atoms with Gasteiger partial charge in [0.15, 0.2) is 29.7 Å². The van der Waals surface area contributed by atoms with Gasteiger partial charge >= 0.3 is 0 Å². The van der Waals surface area contributed by atoms with Crippen LogP contribution in [0.2, 0.25) is 5.02 Å². The Labute approximate surface area is 241 Å². The number of nitrogens with one attached hydrogen (secondary N) is 1. The molecular formula is C30H30BrClN2O5. The maximum atomic E-state index is 13.3. The summed E-state index contributed by atoms with van der Waals surface area (Å²) in [6.07, 6.45) is 4.17. The molecule has 0 saturated heterocycles. The Hall–Kier alpha value is -3.10. The lowest BCUT2D eigenvalue weighted by atomic mass is 9.71. The molecule has 2 aliphatic carbocycles. The Morgan fingerprint density at radius 3 is 2.28 bits per heavy atom. The van der Waals surface area contributed by atoms with Gasteiger partial charge in [-0.2, -0.15) is 0 Å². The molecule has 0 radical (unpaired) electrons. The number of rotatable bonds is 7. The number of hydrogen-bond donors (Lipinski definition) is 1. The van der Waals surface area contributed by atoms with E-state index in [4.69, 9.17) is 21.1 Å². The van der Waals surface area contributed by atoms with Crippen molar-refractivity contribution in [2.45, 2.75) is 51.4 Å². The number of amides is 1. The van der Waals surface area contributed by atoms with Gasteiger partial charge in [-0.3, -0.25) is 14.4 Å². The molecule has 0 aromatic heterocycles. The van der Waals surface area contributed by atoms with Crippen LogP contribution in [-0.2, 0) is 14.4 Å². The largest absolute Gasteiger partial charge is 0.490 e. The number of para-hydroxylation sites is 1. The molecule has 2 aromatic rings. The number of carbonyl (C=O) groups excluding carboxylic acids is 3. The number of allylic oxidation sites excluding steroid dienone is 4. The number of benzene rings is 2. The van der Waals surface area contributed by atoms with Crippen LogP contribution >= 0.6 is 27.5 Å². The summed E-state index contributed by atoms with van der Waals surface area (Å²) < 4.78 is 12.4. The predicted octanol–water partition coefficient (Wildman–Crippen LogP) is 6.56. The molecule has 0 atom stereocenters. The van der Waals surface area contributed by atoms with E-state index in [1.807, 2.05) is 26.1 Å². The molecule has 0 saturated carbocycles. The Balaban J connectivity index is 1.50. The van der Waals surface area contributed by atoms with Crippen molar-refractivity contribution in [3.63, 3.8) is 0 Å². The Morgan fingerprint density at radius 2 is 1.67 bits per heavy atom. The van der Waals surface area contributed by atoms with Crippen LogP contribution in [0.4, 0.5) is 5.69 Å². The molecule has 39 heavy (non-hydrogen) atoms. The van der Waals surface area contributed by atoms with Crippen LogP contribution in [0.25, 0.3) is 0 Å². The van der Waals surface area contributed by atoms with Gasteiger partial charge in [-0.1, -0.05) is 23.7 Å². The first-order chi connectivity index (χ1) is 18.8. The van der Waals surface area contributed by atoms with Gasteiger partial charge < -0.3 is 19.7 Å². The van der Waals surface area contributed by atoms with Crippen LogP contribution < -0.4 is 14.8 Å². The maximum absolute atomic E-state index is 13.3. The number of nitrogens with zero attached hydrogens (tertiary/aromatic N) is 1. The number of ketones is 2. The van der Waals surface area contributed by atoms with Gasteiger partial charge in [0.25, 0.3) is 5.91 Å². The summed E-state index contributed by atoms with van der Waals surface area (Å²) in [5, 5.41) is 3.18. The summed E-state index contributed by atoms with van der Waals surface area (Å²) in [6, 6.07) is 10.7. The minimum Gasteiger partial charge on any atom is -0.490 e. The van der Waals surface area contributed by atoms with Gasteiger partial charge in [0, 0.05) is 48.3 Å². The van der Waals surface area contributed by atoms with Gasteiger partial charge in [-0.15, -0.1) is 0 Å². The Bertz CT molecular complexity index is 1370. The van der Waals surface area contributed by atoms with Gasteiger partial charge in [0.2, 0.25) is 0 Å². The molecule has 1 N–H and O–H groups in total. The van der Waals surface area contributed by atoms with Crippen molar-refractivity contribution in [2.75, 3.05) is 25.6 Å². The van der Waals surface area contributed by atoms with E-state index >= 15 is 0 Å². The molecule has 1 aliphatic heterocycles. The van der Waals surface area contributed by atoms with E-state index in [0.717, 1.165) is 42.6 Å². The van der Waals surface area contributed by atoms with E-state index in [1.165, 1.54) is 0 Å². The van der Waals surface area contributed by atoms with E-state index in [0.29, 0.717) is 57.3 Å². The first-order valence-electron chi connectivity index (χ1n) is 13.2. The third-order valence-electron chi connectivity index (χ3n) is 7.41. The smallest absolute Gasteiger partial charge is 0.262 e. The normalized spacial score (nSPS) is 17.7. The van der Waals surface area contributed by atoms with Crippen molar-refractivity contribution in [1.82, 2.24) is 4.90 Å². The summed E-state index contributed by atoms with van der Waals surface area (Å²) in [7, 11) is 1.98. The SMILES string of the molecule is CCOc1cc(C2C3=C(CCCC3=O)N(C)C3=C2C(=O)CCC3)cc(Br)c1OCC(=O)Nc1ccccc1Cl. The van der Waals surface area contributed by atoms with Crippen molar-refractivity contribution < 1.29 is 23.9 Å². The second-order valence-electron chi connectivity index (χ2n) is 9.85. The molecule has 9 heteroatoms. The molecule has 0 bridgehead atoms. The highest BCUT2D eigenvalue weighted by Crippen LogP contribution is 2.50. The van der Waals surface area contributed by atoms with Crippen LogP contribution in [0.15, 0.2) is 63.4 Å². The summed E-state index contributed by atoms with van der Waals surface area (Å²) in [5.41, 5.74) is 4.72. The zero-order chi connectivity index (χ0) is 27.7. The van der Waals surface area contributed by atoms with Crippen LogP contribution in [0.3, 0.4) is 0 Å². The van der Waals surface area contributed by atoms with Crippen LogP contribution in [0.1, 0.15) is 56.9 Å². The molecule has 0 fully saturated rings. The van der Waals surface area contributed by atoms with E-state index in [-0.39, 0.29) is 24.1 Å². The first kappa shape index (κ1) is 27.5. The molecule has 1 amide bonds. The minimum atomic E-state index is -0.458. The molecule has 2 aromatic carbocycles. The third-order valence-corrected chi connectivity index (χ3v) is 8.32. The average molecular weight is 614 g/mol. The van der Waals surface area contributed by atoms with Gasteiger partial charge in [0.1, 0.15) is 0 Å². The molecular weight excluding hydrogens is 584 g/mol. The second-order valence-corrected chi connectivity index (χ2v) is 11.1. The van der Waals surface area contributed by atoms with Crippen LogP contribution in [0.5, 0.6) is 11.5 Å². The Kier molecular flexibility index (Phi) is 8.14. The average Bonchev–Trinajstić information content (AvgIpc) is 2.91. The van der Waals surface area contributed by atoms with E-state index in [1.54, 1.807) is 24.3 Å². The standard InChI is InChI=1S/C30H30BrClN2O5/c1-3-38-25-15-17(14-18(31)30(25)39-16-26(37)33-20-9-5-4-8-19(20)32)27-28-21(10-6-12-23(28)35)34(2)22-11-7-13-24(36)29(22)27/h4-5,8-9,14-15,27H,3,6-7,10-13,16H2,1-2H3,(H,33,37). The Morgan fingerprint density at radius 1 is 1.03 bits per heavy atom. The third kappa shape index (κ3) is 5.37. The predicted molar refractivity (Wildman–Crippen MR) is 153 cm³/mol. The molecule has 3 aliphatic rings. The fourth-order valence-corrected chi connectivity index (χ4v) is 6.49. The van der Waals surface area contributed by atoms with Crippen LogP contribution in [0, 0.1) is 0 Å². The highest BCUT2D eigenvalue weighted by molar-refractivity contribution is 9.10. The topological polar surface area (TPSA) is 84.9 Å². The number of halogens is 2. The number of carbonyl (C=O) groups is 3. The quantitative estimate of drug-likeness (QED) is 0.381. The number of ether oxygens (including phenoxy) is 2. The maximum Gasteiger partial charge on any atom is 0.262 e. The van der Waals surface area contributed by atoms with Crippen molar-refractivity contribution in [1.29, 1.82) is 0 Å². The van der Waals surface area contributed by atoms with Gasteiger partial charge in [-0.25, -0.2) is 0 Å². The summed E-state index contributed by atoms with van der Waals surface area (Å²) in [4.78, 5) is 41.3. The van der Waals surface area contributed by atoms with E-state index in [9.17, 15) is 14.4 Å². The minimum absolute atomic E-state index is 0.0867. The lowest BCUT2D eigenvalue weighted by molar-refractivity contribution is -0.118. The molecule has 0 spiro atoms. The van der Waals surface area contributed by atoms with Gasteiger partial charge in [0.05, 0.1) is 21.8 Å². The molecule has 204 valence electrons. The van der Waals surface area contributed by atoms with Crippen molar-refractivity contribution in [3.8, 4) is 11.5 Å². The lowest BCUT2D eigenvalue weighted by Crippen LogP contribution is -2.37. The van der Waals surface area contributed by atoms with Crippen molar-refractivity contribution in [2.24, 2.45) is 0 Å². The molecule has 1 heterocycles. The molecule has 7 nitrogen and oxygen atoms in total. The zero-order valence-corrected chi connectivity index (χ0v) is 24.3. The number of anilines is 1. The lowest BCUT2D eigenvalue weighted by Gasteiger charge is -2.42. The summed E-state index contributed by atoms with van der Waals surface area (Å²) in [6.45, 7) is 1.96. The zero-order valence-electron chi connectivity index (χ0n) is 21.9. The van der Waals surface area contributed by atoms with Gasteiger partial charge in [-0.05, 0) is 78.4 Å². The fraction of sp³-hybridized carbons (Fsp3) is 0.367. The number of hydrogen-bond acceptors (Lipinski definition) is 6. The van der Waals surface area contributed by atoms with E-state index < -0.39 is 5.92 Å². The molecule has 5 rings (SSSR count). The van der Waals surface area contributed by atoms with Crippen molar-refractivity contribution in [3.05, 3.63) is 74.0 Å². The van der Waals surface area contributed by atoms with Crippen LogP contribution in [-0.4, -0.2) is 42.6 Å². The second kappa shape index (κ2) is 11.6.